The summed E-state index contributed by atoms with van der Waals surface area (Å²) in [6, 6.07) is 15.0. The maximum absolute atomic E-state index is 12.3. The van der Waals surface area contributed by atoms with Gasteiger partial charge in [-0.2, -0.15) is 0 Å². The molecule has 1 amide bonds. The summed E-state index contributed by atoms with van der Waals surface area (Å²) in [7, 11) is 0. The van der Waals surface area contributed by atoms with E-state index in [9.17, 15) is 4.79 Å². The molecule has 5 heteroatoms. The topological polar surface area (TPSA) is 70.5 Å². The monoisotopic (exact) mass is 314 g/mol. The number of aromatic nitrogens is 2. The molecule has 5 nitrogen and oxygen atoms in total. The quantitative estimate of drug-likeness (QED) is 0.534. The minimum atomic E-state index is -0.348. The van der Waals surface area contributed by atoms with Crippen molar-refractivity contribution in [2.45, 2.75) is 6.92 Å². The third-order valence-electron chi connectivity index (χ3n) is 4.03. The first-order valence-corrected chi connectivity index (χ1v) is 7.61. The Hall–Kier alpha value is -3.34. The van der Waals surface area contributed by atoms with Crippen LogP contribution in [0.4, 0.5) is 5.69 Å². The number of pyridine rings is 2. The lowest BCUT2D eigenvalue weighted by molar-refractivity contribution is 0.0994. The van der Waals surface area contributed by atoms with Gasteiger partial charge in [-0.3, -0.25) is 9.78 Å². The lowest BCUT2D eigenvalue weighted by Gasteiger charge is -2.00. The normalized spacial score (nSPS) is 11.5. The number of nitrogens with zero attached hydrogens (tertiary/aromatic N) is 3. The number of fused-ring (bicyclic) bond motifs is 3. The van der Waals surface area contributed by atoms with Crippen LogP contribution >= 0.6 is 0 Å². The van der Waals surface area contributed by atoms with Crippen molar-refractivity contribution in [1.29, 1.82) is 0 Å². The summed E-state index contributed by atoms with van der Waals surface area (Å²) in [5, 5.41) is 9.07. The fourth-order valence-corrected chi connectivity index (χ4v) is 2.84. The van der Waals surface area contributed by atoms with Gasteiger partial charge in [-0.1, -0.05) is 18.2 Å². The van der Waals surface area contributed by atoms with Crippen LogP contribution in [-0.4, -0.2) is 15.9 Å². The molecule has 0 fully saturated rings. The van der Waals surface area contributed by atoms with E-state index in [0.717, 1.165) is 27.7 Å². The number of carbonyl (C=O) groups excluding carboxylic acids is 1. The predicted molar refractivity (Wildman–Crippen MR) is 92.7 cm³/mol. The Bertz CT molecular complexity index is 1050. The second-order valence-corrected chi connectivity index (χ2v) is 5.53. The van der Waals surface area contributed by atoms with E-state index < -0.39 is 0 Å². The van der Waals surface area contributed by atoms with Crippen molar-refractivity contribution < 1.29 is 4.79 Å². The SMILES string of the molecule is Cc1ccccc1C(=O)N=Nc1c2ccc[nH]c-2c2ncccc12. The Morgan fingerprint density at radius 3 is 2.83 bits per heavy atom. The van der Waals surface area contributed by atoms with Gasteiger partial charge >= 0.3 is 0 Å². The number of amides is 1. The van der Waals surface area contributed by atoms with Gasteiger partial charge in [0, 0.05) is 28.9 Å². The van der Waals surface area contributed by atoms with Gasteiger partial charge in [0.1, 0.15) is 5.69 Å². The average Bonchev–Trinajstić information content (AvgIpc) is 2.94. The molecular formula is C19H14N4O. The molecule has 2 heterocycles. The molecule has 24 heavy (non-hydrogen) atoms. The fraction of sp³-hybridized carbons (Fsp3) is 0.0526. The van der Waals surface area contributed by atoms with Gasteiger partial charge in [0.05, 0.1) is 11.2 Å². The predicted octanol–water partition coefficient (Wildman–Crippen LogP) is 4.90. The molecule has 2 aliphatic rings. The molecule has 0 saturated carbocycles. The maximum atomic E-state index is 12.3. The molecule has 1 aromatic heterocycles. The fourth-order valence-electron chi connectivity index (χ4n) is 2.84. The van der Waals surface area contributed by atoms with Crippen LogP contribution in [-0.2, 0) is 0 Å². The van der Waals surface area contributed by atoms with Gasteiger partial charge in [0.15, 0.2) is 0 Å². The van der Waals surface area contributed by atoms with Crippen LogP contribution in [0.15, 0.2) is 71.2 Å². The molecule has 0 spiro atoms. The highest BCUT2D eigenvalue weighted by Crippen LogP contribution is 2.42. The summed E-state index contributed by atoms with van der Waals surface area (Å²) < 4.78 is 0. The van der Waals surface area contributed by atoms with E-state index in [1.54, 1.807) is 12.3 Å². The van der Waals surface area contributed by atoms with Gasteiger partial charge in [-0.25, -0.2) is 0 Å². The number of benzene rings is 1. The van der Waals surface area contributed by atoms with Crippen molar-refractivity contribution in [3.8, 4) is 11.3 Å². The van der Waals surface area contributed by atoms with Crippen LogP contribution in [0.5, 0.6) is 0 Å². The van der Waals surface area contributed by atoms with Crippen molar-refractivity contribution in [2.75, 3.05) is 0 Å². The van der Waals surface area contributed by atoms with Crippen LogP contribution < -0.4 is 0 Å². The van der Waals surface area contributed by atoms with E-state index in [-0.39, 0.29) is 5.91 Å². The summed E-state index contributed by atoms with van der Waals surface area (Å²) >= 11 is 0. The van der Waals surface area contributed by atoms with E-state index in [0.29, 0.717) is 11.3 Å². The molecule has 0 radical (unpaired) electrons. The highest BCUT2D eigenvalue weighted by molar-refractivity contribution is 6.09. The Balaban J connectivity index is 1.82. The largest absolute Gasteiger partial charge is 0.359 e. The van der Waals surface area contributed by atoms with E-state index in [4.69, 9.17) is 0 Å². The van der Waals surface area contributed by atoms with E-state index >= 15 is 0 Å². The number of hydrogen-bond acceptors (Lipinski definition) is 3. The van der Waals surface area contributed by atoms with Gasteiger partial charge in [-0.05, 0) is 42.8 Å². The van der Waals surface area contributed by atoms with Gasteiger partial charge in [0.25, 0.3) is 5.91 Å². The van der Waals surface area contributed by atoms with E-state index in [2.05, 4.69) is 20.2 Å². The van der Waals surface area contributed by atoms with Gasteiger partial charge in [0.2, 0.25) is 0 Å². The molecule has 1 aliphatic heterocycles. The third-order valence-corrected chi connectivity index (χ3v) is 4.03. The lowest BCUT2D eigenvalue weighted by Crippen LogP contribution is -1.96. The minimum absolute atomic E-state index is 0.348. The van der Waals surface area contributed by atoms with Crippen LogP contribution in [0.1, 0.15) is 15.9 Å². The van der Waals surface area contributed by atoms with Crippen LogP contribution in [0.3, 0.4) is 0 Å². The molecule has 116 valence electrons. The molecule has 1 N–H and O–H groups in total. The summed E-state index contributed by atoms with van der Waals surface area (Å²) in [4.78, 5) is 20.0. The minimum Gasteiger partial charge on any atom is -0.359 e. The van der Waals surface area contributed by atoms with Gasteiger partial charge in [-0.15, -0.1) is 10.2 Å². The van der Waals surface area contributed by atoms with Crippen molar-refractivity contribution in [1.82, 2.24) is 9.97 Å². The average molecular weight is 314 g/mol. The summed E-state index contributed by atoms with van der Waals surface area (Å²) in [5.74, 6) is -0.348. The Morgan fingerprint density at radius 1 is 1.08 bits per heavy atom. The van der Waals surface area contributed by atoms with Crippen LogP contribution in [0.2, 0.25) is 0 Å². The zero-order chi connectivity index (χ0) is 16.5. The molecular weight excluding hydrogens is 300 g/mol. The van der Waals surface area contributed by atoms with Crippen LogP contribution in [0, 0.1) is 6.92 Å². The number of H-pyrrole nitrogens is 1. The highest BCUT2D eigenvalue weighted by atomic mass is 16.1. The van der Waals surface area contributed by atoms with Crippen molar-refractivity contribution in [3.63, 3.8) is 0 Å². The van der Waals surface area contributed by atoms with E-state index in [1.165, 1.54) is 0 Å². The zero-order valence-corrected chi connectivity index (χ0v) is 13.0. The first kappa shape index (κ1) is 14.3. The first-order chi connectivity index (χ1) is 11.8. The molecule has 0 atom stereocenters. The van der Waals surface area contributed by atoms with Crippen molar-refractivity contribution in [2.24, 2.45) is 10.2 Å². The van der Waals surface area contributed by atoms with Gasteiger partial charge < -0.3 is 4.98 Å². The molecule has 2 aromatic rings. The second kappa shape index (κ2) is 5.70. The Labute approximate surface area is 138 Å². The number of nitrogens with one attached hydrogen (secondary N) is 1. The summed E-state index contributed by atoms with van der Waals surface area (Å²) in [5.41, 5.74) is 4.72. The lowest BCUT2D eigenvalue weighted by atomic mass is 10.1. The number of aromatic amines is 1. The van der Waals surface area contributed by atoms with Crippen molar-refractivity contribution >= 4 is 22.5 Å². The third kappa shape index (κ3) is 2.27. The number of carbonyl (C=O) groups is 1. The number of aryl methyl sites for hydroxylation is 1. The Kier molecular flexibility index (Phi) is 3.39. The number of hydrogen-bond donors (Lipinski definition) is 1. The molecule has 0 bridgehead atoms. The summed E-state index contributed by atoms with van der Waals surface area (Å²) in [6.45, 7) is 1.88. The van der Waals surface area contributed by atoms with Crippen molar-refractivity contribution in [3.05, 3.63) is 72.1 Å². The maximum Gasteiger partial charge on any atom is 0.295 e. The Morgan fingerprint density at radius 2 is 1.96 bits per heavy atom. The molecule has 1 aromatic carbocycles. The molecule has 1 aliphatic carbocycles. The zero-order valence-electron chi connectivity index (χ0n) is 13.0. The summed E-state index contributed by atoms with van der Waals surface area (Å²) in [6.07, 6.45) is 3.58. The number of rotatable bonds is 2. The second-order valence-electron chi connectivity index (χ2n) is 5.53. The standard InChI is InChI=1S/C19H14N4O/c1-12-6-2-3-7-13(12)19(24)23-22-16-14-8-4-10-20-17(14)18-15(16)9-5-11-21-18/h2-11,20H,1H3. The van der Waals surface area contributed by atoms with Crippen LogP contribution in [0.25, 0.3) is 22.2 Å². The molecule has 4 rings (SSSR count). The smallest absolute Gasteiger partial charge is 0.295 e. The first-order valence-electron chi connectivity index (χ1n) is 7.61. The van der Waals surface area contributed by atoms with E-state index in [1.807, 2.05) is 55.6 Å². The molecule has 0 unspecified atom stereocenters. The number of azo groups is 1. The highest BCUT2D eigenvalue weighted by Gasteiger charge is 2.18. The molecule has 0 saturated heterocycles.